The fraction of sp³-hybridized carbons (Fsp3) is 0.714. The molecule has 123 valence electrons. The van der Waals surface area contributed by atoms with Gasteiger partial charge in [-0.05, 0) is 87.2 Å². The molecule has 0 N–H and O–H groups in total. The second-order valence-electron chi connectivity index (χ2n) is 8.47. The molecule has 0 amide bonds. The van der Waals surface area contributed by atoms with Gasteiger partial charge in [0, 0.05) is 12.8 Å². The van der Waals surface area contributed by atoms with Gasteiger partial charge in [-0.2, -0.15) is 0 Å². The summed E-state index contributed by atoms with van der Waals surface area (Å²) in [6.07, 6.45) is 16.5. The van der Waals surface area contributed by atoms with E-state index in [0.717, 1.165) is 43.6 Å². The second-order valence-corrected chi connectivity index (χ2v) is 8.47. The lowest BCUT2D eigenvalue weighted by Crippen LogP contribution is -2.40. The molecule has 5 rings (SSSR count). The number of hydrogen-bond acceptors (Lipinski definition) is 2. The molecule has 2 fully saturated rings. The van der Waals surface area contributed by atoms with E-state index in [0.29, 0.717) is 5.78 Å². The average molecular weight is 311 g/mol. The van der Waals surface area contributed by atoms with Crippen LogP contribution in [0.4, 0.5) is 0 Å². The van der Waals surface area contributed by atoms with Crippen LogP contribution < -0.4 is 0 Å². The maximum absolute atomic E-state index is 11.6. The zero-order chi connectivity index (χ0) is 15.4. The van der Waals surface area contributed by atoms with Gasteiger partial charge >= 0.3 is 0 Å². The first-order chi connectivity index (χ1) is 11.2. The van der Waals surface area contributed by atoms with Crippen molar-refractivity contribution in [2.75, 3.05) is 6.61 Å². The average Bonchev–Trinajstić information content (AvgIpc) is 3.37. The third-order valence-corrected chi connectivity index (χ3v) is 7.33. The molecule has 4 aliphatic carbocycles. The van der Waals surface area contributed by atoms with Crippen molar-refractivity contribution >= 4 is 5.78 Å². The van der Waals surface area contributed by atoms with Crippen molar-refractivity contribution < 1.29 is 9.53 Å². The van der Waals surface area contributed by atoms with Crippen molar-refractivity contribution in [2.45, 2.75) is 69.8 Å². The van der Waals surface area contributed by atoms with Gasteiger partial charge < -0.3 is 4.74 Å². The molecule has 1 radical (unpaired) electrons. The highest BCUT2D eigenvalue weighted by Gasteiger charge is 2.49. The maximum atomic E-state index is 11.6. The molecule has 1 aliphatic heterocycles. The molecular weight excluding hydrogens is 284 g/mol. The van der Waals surface area contributed by atoms with Crippen LogP contribution in [0.5, 0.6) is 0 Å². The molecular formula is C21H27O2. The van der Waals surface area contributed by atoms with Crippen molar-refractivity contribution in [3.05, 3.63) is 29.2 Å². The number of rotatable bonds is 1. The molecule has 23 heavy (non-hydrogen) atoms. The predicted molar refractivity (Wildman–Crippen MR) is 89.7 cm³/mol. The van der Waals surface area contributed by atoms with E-state index in [1.807, 2.05) is 6.08 Å². The number of carbonyl (C=O) groups excluding carboxylic acids is 1. The zero-order valence-electron chi connectivity index (χ0n) is 14.0. The molecule has 0 bridgehead atoms. The van der Waals surface area contributed by atoms with Crippen molar-refractivity contribution in [1.29, 1.82) is 0 Å². The summed E-state index contributed by atoms with van der Waals surface area (Å²) in [4.78, 5) is 11.6. The summed E-state index contributed by atoms with van der Waals surface area (Å²) >= 11 is 0. The van der Waals surface area contributed by atoms with Gasteiger partial charge in [0.1, 0.15) is 0 Å². The van der Waals surface area contributed by atoms with Gasteiger partial charge in [0.25, 0.3) is 0 Å². The van der Waals surface area contributed by atoms with E-state index in [4.69, 9.17) is 4.74 Å². The fourth-order valence-electron chi connectivity index (χ4n) is 5.90. The molecule has 1 spiro atoms. The van der Waals surface area contributed by atoms with Crippen LogP contribution in [0.25, 0.3) is 0 Å². The van der Waals surface area contributed by atoms with Gasteiger partial charge in [-0.3, -0.25) is 4.79 Å². The van der Waals surface area contributed by atoms with Gasteiger partial charge in [0.15, 0.2) is 5.78 Å². The Labute approximate surface area is 139 Å². The second kappa shape index (κ2) is 5.31. The molecule has 2 atom stereocenters. The monoisotopic (exact) mass is 311 g/mol. The number of ether oxygens (including phenoxy) is 1. The van der Waals surface area contributed by atoms with Crippen molar-refractivity contribution in [3.8, 4) is 0 Å². The van der Waals surface area contributed by atoms with Gasteiger partial charge in [0.05, 0.1) is 12.2 Å². The van der Waals surface area contributed by atoms with Crippen LogP contribution in [0.3, 0.4) is 0 Å². The van der Waals surface area contributed by atoms with E-state index in [9.17, 15) is 4.79 Å². The summed E-state index contributed by atoms with van der Waals surface area (Å²) in [6.45, 7) is 0.938. The SMILES string of the molecule is O=C1C=C2CCC(C3CCC4(CC3)OCCC3=C4[CH]3)CC2CC1. The third-order valence-electron chi connectivity index (χ3n) is 7.33. The van der Waals surface area contributed by atoms with Gasteiger partial charge in [-0.25, -0.2) is 0 Å². The highest BCUT2D eigenvalue weighted by Crippen LogP contribution is 2.55. The highest BCUT2D eigenvalue weighted by molar-refractivity contribution is 5.91. The van der Waals surface area contributed by atoms with Crippen LogP contribution in [0.15, 0.2) is 22.8 Å². The lowest BCUT2D eigenvalue weighted by Gasteiger charge is -2.44. The van der Waals surface area contributed by atoms with E-state index < -0.39 is 0 Å². The van der Waals surface area contributed by atoms with Crippen LogP contribution in [0.1, 0.15) is 64.2 Å². The third kappa shape index (κ3) is 2.45. The maximum Gasteiger partial charge on any atom is 0.155 e. The Kier molecular flexibility index (Phi) is 3.33. The summed E-state index contributed by atoms with van der Waals surface area (Å²) in [5, 5.41) is 0. The first-order valence-electron chi connectivity index (χ1n) is 9.69. The van der Waals surface area contributed by atoms with E-state index in [-0.39, 0.29) is 5.60 Å². The minimum absolute atomic E-state index is 0.126. The van der Waals surface area contributed by atoms with Crippen LogP contribution >= 0.6 is 0 Å². The summed E-state index contributed by atoms with van der Waals surface area (Å²) in [6, 6.07) is 0. The Balaban J connectivity index is 1.23. The highest BCUT2D eigenvalue weighted by atomic mass is 16.5. The summed E-state index contributed by atoms with van der Waals surface area (Å²) in [7, 11) is 0. The Morgan fingerprint density at radius 1 is 1.00 bits per heavy atom. The summed E-state index contributed by atoms with van der Waals surface area (Å²) < 4.78 is 6.26. The Morgan fingerprint density at radius 2 is 1.87 bits per heavy atom. The first kappa shape index (κ1) is 14.5. The molecule has 2 unspecified atom stereocenters. The summed E-state index contributed by atoms with van der Waals surface area (Å²) in [5.74, 6) is 2.88. The molecule has 0 saturated heterocycles. The minimum Gasteiger partial charge on any atom is -0.370 e. The molecule has 2 nitrogen and oxygen atoms in total. The van der Waals surface area contributed by atoms with Crippen molar-refractivity contribution in [3.63, 3.8) is 0 Å². The smallest absolute Gasteiger partial charge is 0.155 e. The van der Waals surface area contributed by atoms with Crippen LogP contribution in [0, 0.1) is 24.2 Å². The largest absolute Gasteiger partial charge is 0.370 e. The number of hydrogen-bond donors (Lipinski definition) is 0. The topological polar surface area (TPSA) is 26.3 Å². The van der Waals surface area contributed by atoms with E-state index in [1.54, 1.807) is 11.1 Å². The van der Waals surface area contributed by atoms with Gasteiger partial charge in [-0.1, -0.05) is 11.1 Å². The lowest BCUT2D eigenvalue weighted by atomic mass is 9.64. The molecule has 1 heterocycles. The predicted octanol–water partition coefficient (Wildman–Crippen LogP) is 4.56. The lowest BCUT2D eigenvalue weighted by molar-refractivity contribution is -0.115. The van der Waals surface area contributed by atoms with E-state index in [1.165, 1.54) is 50.5 Å². The quantitative estimate of drug-likeness (QED) is 0.710. The Morgan fingerprint density at radius 3 is 2.74 bits per heavy atom. The van der Waals surface area contributed by atoms with Gasteiger partial charge in [-0.15, -0.1) is 0 Å². The number of fused-ring (bicyclic) bond motifs is 2. The Bertz CT molecular complexity index is 589. The fourth-order valence-corrected chi connectivity index (χ4v) is 5.90. The number of carbonyl (C=O) groups is 1. The molecule has 0 aromatic heterocycles. The number of allylic oxidation sites excluding steroid dienone is 2. The minimum atomic E-state index is 0.126. The number of ketones is 1. The van der Waals surface area contributed by atoms with Gasteiger partial charge in [0.2, 0.25) is 0 Å². The molecule has 0 aromatic rings. The first-order valence-corrected chi connectivity index (χ1v) is 9.69. The van der Waals surface area contributed by atoms with Crippen molar-refractivity contribution in [2.24, 2.45) is 17.8 Å². The normalized spacial score (nSPS) is 43.0. The van der Waals surface area contributed by atoms with E-state index in [2.05, 4.69) is 6.42 Å². The van der Waals surface area contributed by atoms with E-state index >= 15 is 0 Å². The van der Waals surface area contributed by atoms with Crippen molar-refractivity contribution in [1.82, 2.24) is 0 Å². The molecule has 0 aromatic carbocycles. The summed E-state index contributed by atoms with van der Waals surface area (Å²) in [5.41, 5.74) is 4.78. The Hall–Kier alpha value is -0.890. The molecule has 2 saturated carbocycles. The zero-order valence-corrected chi connectivity index (χ0v) is 14.0. The molecule has 2 heteroatoms. The van der Waals surface area contributed by atoms with Crippen LogP contribution in [-0.4, -0.2) is 18.0 Å². The van der Waals surface area contributed by atoms with Crippen LogP contribution in [0.2, 0.25) is 0 Å². The molecule has 5 aliphatic rings. The standard InChI is InChI=1S/C21H27O2/c22-19-4-3-16-11-15(1-2-17(16)12-19)14-5-8-21(9-6-14)20-13-18(20)7-10-23-21/h12-16H,1-11H2. The van der Waals surface area contributed by atoms with Crippen LogP contribution in [-0.2, 0) is 9.53 Å².